The van der Waals surface area contributed by atoms with Gasteiger partial charge >= 0.3 is 11.9 Å². The van der Waals surface area contributed by atoms with Gasteiger partial charge in [-0.2, -0.15) is 8.42 Å². The maximum absolute atomic E-state index is 12.4. The number of aliphatic carboxylic acids is 1. The number of aliphatic hydroxyl groups is 1. The molecule has 0 saturated carbocycles. The topological polar surface area (TPSA) is 210 Å². The Balaban J connectivity index is 0.000000296. The van der Waals surface area contributed by atoms with Gasteiger partial charge in [-0.05, 0) is 68.4 Å². The van der Waals surface area contributed by atoms with Crippen molar-refractivity contribution in [3.8, 4) is 11.5 Å². The third-order valence-corrected chi connectivity index (χ3v) is 11.1. The summed E-state index contributed by atoms with van der Waals surface area (Å²) in [5.41, 5.74) is 3.06. The van der Waals surface area contributed by atoms with Crippen molar-refractivity contribution in [2.24, 2.45) is 0 Å². The van der Waals surface area contributed by atoms with E-state index in [9.17, 15) is 23.1 Å². The van der Waals surface area contributed by atoms with Crippen LogP contribution in [-0.2, 0) is 35.6 Å². The van der Waals surface area contributed by atoms with Crippen molar-refractivity contribution in [3.63, 3.8) is 0 Å². The molecule has 0 aromatic heterocycles. The fourth-order valence-corrected chi connectivity index (χ4v) is 7.91. The maximum atomic E-state index is 12.4. The molecule has 18 heteroatoms. The summed E-state index contributed by atoms with van der Waals surface area (Å²) < 4.78 is 40.9. The molecule has 6 N–H and O–H groups in total. The Morgan fingerprint density at radius 1 is 0.949 bits per heavy atom. The van der Waals surface area contributed by atoms with E-state index in [0.717, 1.165) is 80.5 Å². The number of aryl methyl sites for hydroxylation is 1. The fourth-order valence-electron chi connectivity index (χ4n) is 6.90. The van der Waals surface area contributed by atoms with E-state index in [4.69, 9.17) is 52.5 Å². The molecule has 3 aromatic rings. The molecule has 6 atom stereocenters. The zero-order valence-corrected chi connectivity index (χ0v) is 37.6. The molecule has 3 heterocycles. The monoisotopic (exact) mass is 949 g/mol. The number of aliphatic hydroxyl groups excluding tert-OH is 1. The standard InChI is InChI=1S/C17H21NO4.C14H19Cl2NO2.C6H6O5S.C4H11N.BrH/c1-18-13-7-11(8-14(18)16-15(13)22-16)21-17(20)12(9-19)10-5-3-2-4-6-10;15-8-10-17(11-9-16)13-6-4-12(5-7-13)2-1-3-14(18)19;7-4-1-2-5(8)6(3-4)12(9,10)11;1-3-5-4-2;/h2-6,11-16,19H,7-9H2,1H3;4-7H,1-3,8-11H2,(H,18,19);1-3,7-8H,(H,9,10,11);5H,3-4H2,1-2H3;1H/t11-,12-,13-,14+,15-,16+;;;;/m1..../s1. The van der Waals surface area contributed by atoms with Gasteiger partial charge < -0.3 is 40.1 Å². The lowest BCUT2D eigenvalue weighted by atomic mass is 9.97. The molecule has 3 aliphatic rings. The molecule has 3 saturated heterocycles. The Morgan fingerprint density at radius 3 is 1.98 bits per heavy atom. The lowest BCUT2D eigenvalue weighted by Gasteiger charge is -2.38. The molecule has 0 unspecified atom stereocenters. The second-order valence-corrected chi connectivity index (χ2v) is 16.1. The molecule has 6 rings (SSSR count). The Bertz CT molecular complexity index is 1790. The minimum absolute atomic E-state index is 0. The number of nitrogens with zero attached hydrogens (tertiary/aromatic N) is 2. The lowest BCUT2D eigenvalue weighted by Crippen LogP contribution is -2.48. The number of phenolic OH excluding ortho intramolecular Hbond substituents is 2. The molecule has 330 valence electrons. The molecule has 59 heavy (non-hydrogen) atoms. The molecular weight excluding hydrogens is 893 g/mol. The second kappa shape index (κ2) is 26.2. The normalized spacial score (nSPS) is 20.4. The van der Waals surface area contributed by atoms with Crippen LogP contribution in [0.1, 0.15) is 56.6 Å². The van der Waals surface area contributed by atoms with Crippen LogP contribution in [0.25, 0.3) is 0 Å². The smallest absolute Gasteiger partial charge is 0.316 e. The predicted molar refractivity (Wildman–Crippen MR) is 234 cm³/mol. The Morgan fingerprint density at radius 2 is 1.53 bits per heavy atom. The highest BCUT2D eigenvalue weighted by atomic mass is 79.9. The van der Waals surface area contributed by atoms with Gasteiger partial charge in [0.25, 0.3) is 10.1 Å². The number of hydrogen-bond acceptors (Lipinski definition) is 12. The number of likely N-dealkylation sites (N-methyl/N-ethyl adjacent to an activating group) is 1. The number of morpholine rings is 1. The van der Waals surface area contributed by atoms with Crippen LogP contribution in [-0.4, -0.2) is 132 Å². The van der Waals surface area contributed by atoms with Crippen LogP contribution in [0.4, 0.5) is 5.69 Å². The van der Waals surface area contributed by atoms with Crippen molar-refractivity contribution in [1.82, 2.24) is 10.2 Å². The number of halogens is 3. The van der Waals surface area contributed by atoms with Gasteiger partial charge in [0.05, 0.1) is 6.61 Å². The Kier molecular flexibility index (Phi) is 23.1. The summed E-state index contributed by atoms with van der Waals surface area (Å²) in [4.78, 5) is 26.7. The number of carbonyl (C=O) groups excluding carboxylic acids is 1. The highest BCUT2D eigenvalue weighted by Crippen LogP contribution is 2.48. The zero-order chi connectivity index (χ0) is 42.8. The van der Waals surface area contributed by atoms with E-state index < -0.39 is 32.7 Å². The quantitative estimate of drug-likeness (QED) is 0.0328. The van der Waals surface area contributed by atoms with Crippen LogP contribution < -0.4 is 10.2 Å². The highest BCUT2D eigenvalue weighted by Gasteiger charge is 2.62. The minimum atomic E-state index is -4.47. The van der Waals surface area contributed by atoms with Gasteiger partial charge in [0.2, 0.25) is 0 Å². The fraction of sp³-hybridized carbons (Fsp3) is 0.512. The number of alkyl halides is 2. The van der Waals surface area contributed by atoms with Crippen molar-refractivity contribution in [2.45, 2.75) is 87.2 Å². The SMILES string of the molecule is Br.CCNCC.CN1[C@@H]2C[C@@H](OC(=O)[C@H](CO)c3ccccc3)C[C@H]1[C@@H]1O[C@@H]12.O=C(O)CCCc1ccc(N(CCCl)CCCl)cc1.O=S(=O)(O)c1cc(O)ccc1O. The molecule has 0 spiro atoms. The summed E-state index contributed by atoms with van der Waals surface area (Å²) >= 11 is 11.5. The van der Waals surface area contributed by atoms with Crippen LogP contribution in [0, 0.1) is 0 Å². The number of esters is 1. The summed E-state index contributed by atoms with van der Waals surface area (Å²) in [5, 5.41) is 39.0. The van der Waals surface area contributed by atoms with Crippen molar-refractivity contribution < 1.29 is 52.5 Å². The van der Waals surface area contributed by atoms with E-state index in [1.165, 1.54) is 0 Å². The third-order valence-electron chi connectivity index (χ3n) is 9.91. The molecule has 0 amide bonds. The summed E-state index contributed by atoms with van der Waals surface area (Å²) in [6.45, 7) is 7.70. The number of rotatable bonds is 16. The number of anilines is 1. The van der Waals surface area contributed by atoms with Gasteiger partial charge in [-0.3, -0.25) is 19.0 Å². The first kappa shape index (κ1) is 51.9. The van der Waals surface area contributed by atoms with Crippen LogP contribution in [0.2, 0.25) is 0 Å². The van der Waals surface area contributed by atoms with Gasteiger partial charge in [0.1, 0.15) is 40.6 Å². The van der Waals surface area contributed by atoms with Crippen LogP contribution >= 0.6 is 40.2 Å². The van der Waals surface area contributed by atoms with E-state index in [0.29, 0.717) is 42.5 Å². The van der Waals surface area contributed by atoms with Gasteiger partial charge in [-0.1, -0.05) is 56.3 Å². The minimum Gasteiger partial charge on any atom is -0.508 e. The molecule has 3 aliphatic heterocycles. The number of carbonyl (C=O) groups is 2. The van der Waals surface area contributed by atoms with Gasteiger partial charge in [-0.15, -0.1) is 40.2 Å². The highest BCUT2D eigenvalue weighted by molar-refractivity contribution is 8.93. The number of phenols is 2. The Labute approximate surface area is 367 Å². The summed E-state index contributed by atoms with van der Waals surface area (Å²) in [5.74, 6) is -1.47. The summed E-state index contributed by atoms with van der Waals surface area (Å²) in [6.07, 6.45) is 3.93. The van der Waals surface area contributed by atoms with Crippen LogP contribution in [0.15, 0.2) is 77.7 Å². The second-order valence-electron chi connectivity index (χ2n) is 13.9. The molecule has 3 aromatic carbocycles. The largest absolute Gasteiger partial charge is 0.508 e. The van der Waals surface area contributed by atoms with Crippen molar-refractivity contribution in [3.05, 3.63) is 83.9 Å². The number of fused-ring (bicyclic) bond motifs is 5. The van der Waals surface area contributed by atoms with Crippen LogP contribution in [0.5, 0.6) is 11.5 Å². The summed E-state index contributed by atoms with van der Waals surface area (Å²) in [6, 6.07) is 21.0. The molecule has 2 bridgehead atoms. The van der Waals surface area contributed by atoms with Crippen LogP contribution in [0.3, 0.4) is 0 Å². The molecule has 14 nitrogen and oxygen atoms in total. The number of carboxylic acid groups (broad SMARTS) is 1. The number of hydrogen-bond donors (Lipinski definition) is 6. The van der Waals surface area contributed by atoms with E-state index in [-0.39, 0.29) is 47.8 Å². The number of benzene rings is 3. The van der Waals surface area contributed by atoms with Gasteiger partial charge in [-0.25, -0.2) is 0 Å². The number of ether oxygens (including phenoxy) is 2. The summed E-state index contributed by atoms with van der Waals surface area (Å²) in [7, 11) is -2.34. The first-order chi connectivity index (χ1) is 27.7. The third kappa shape index (κ3) is 16.7. The predicted octanol–water partition coefficient (Wildman–Crippen LogP) is 5.83. The average molecular weight is 952 g/mol. The van der Waals surface area contributed by atoms with Gasteiger partial charge in [0, 0.05) is 67.9 Å². The first-order valence-electron chi connectivity index (χ1n) is 19.3. The number of epoxide rings is 1. The van der Waals surface area contributed by atoms with Crippen molar-refractivity contribution in [2.75, 3.05) is 56.5 Å². The first-order valence-corrected chi connectivity index (χ1v) is 21.8. The molecular formula is C41H58BrCl2N3O11S. The molecule has 0 radical (unpaired) electrons. The number of carboxylic acids is 1. The van der Waals surface area contributed by atoms with E-state index in [1.807, 2.05) is 54.6 Å². The molecule has 0 aliphatic carbocycles. The lowest BCUT2D eigenvalue weighted by molar-refractivity contribution is -0.156. The number of piperidine rings is 1. The molecule has 3 fully saturated rings. The van der Waals surface area contributed by atoms with Crippen molar-refractivity contribution >= 4 is 67.9 Å². The average Bonchev–Trinajstić information content (AvgIpc) is 3.96. The van der Waals surface area contributed by atoms with E-state index >= 15 is 0 Å². The number of nitrogens with one attached hydrogen (secondary N) is 1. The Hall–Kier alpha value is -3.19. The van der Waals surface area contributed by atoms with Gasteiger partial charge in [0.15, 0.2) is 0 Å². The van der Waals surface area contributed by atoms with E-state index in [1.54, 1.807) is 0 Å². The van der Waals surface area contributed by atoms with Crippen molar-refractivity contribution in [1.29, 1.82) is 0 Å². The maximum Gasteiger partial charge on any atom is 0.316 e. The zero-order valence-electron chi connectivity index (χ0n) is 33.5. The number of aromatic hydroxyl groups is 2. The van der Waals surface area contributed by atoms with E-state index in [2.05, 4.69) is 36.0 Å².